The second kappa shape index (κ2) is 9.15. The van der Waals surface area contributed by atoms with Gasteiger partial charge in [0.2, 0.25) is 5.91 Å². The number of rotatable bonds is 7. The molecular weight excluding hydrogens is 431 g/mol. The molecule has 1 N–H and O–H groups in total. The van der Waals surface area contributed by atoms with Crippen molar-refractivity contribution in [2.24, 2.45) is 0 Å². The van der Waals surface area contributed by atoms with E-state index in [1.807, 2.05) is 0 Å². The van der Waals surface area contributed by atoms with Crippen molar-refractivity contribution in [1.82, 2.24) is 0 Å². The maximum atomic E-state index is 13.3. The smallest absolute Gasteiger partial charge is 0.264 e. The summed E-state index contributed by atoms with van der Waals surface area (Å²) in [4.78, 5) is 12.6. The van der Waals surface area contributed by atoms with Gasteiger partial charge >= 0.3 is 0 Å². The molecule has 1 amide bonds. The van der Waals surface area contributed by atoms with Crippen LogP contribution in [-0.2, 0) is 14.8 Å². The Bertz CT molecular complexity index is 1140. The molecule has 0 saturated heterocycles. The van der Waals surface area contributed by atoms with Crippen LogP contribution in [0.4, 0.5) is 15.8 Å². The monoisotopic (exact) mass is 448 g/mol. The Morgan fingerprint density at radius 2 is 1.73 bits per heavy atom. The van der Waals surface area contributed by atoms with Crippen molar-refractivity contribution in [1.29, 1.82) is 0 Å². The molecule has 156 valence electrons. The number of nitrogens with zero attached hydrogens (tertiary/aromatic N) is 1. The van der Waals surface area contributed by atoms with Gasteiger partial charge in [0.05, 0.1) is 22.7 Å². The van der Waals surface area contributed by atoms with E-state index in [2.05, 4.69) is 5.32 Å². The fourth-order valence-electron chi connectivity index (χ4n) is 2.71. The molecule has 0 aliphatic carbocycles. The molecule has 0 heterocycles. The molecule has 0 spiro atoms. The fourth-order valence-corrected chi connectivity index (χ4v) is 4.40. The Balaban J connectivity index is 1.96. The molecule has 0 aliphatic rings. The third-order valence-corrected chi connectivity index (χ3v) is 6.25. The first-order chi connectivity index (χ1) is 14.3. The Labute approximate surface area is 178 Å². The van der Waals surface area contributed by atoms with Crippen molar-refractivity contribution in [3.05, 3.63) is 83.6 Å². The van der Waals surface area contributed by atoms with E-state index in [4.69, 9.17) is 16.3 Å². The van der Waals surface area contributed by atoms with E-state index in [0.29, 0.717) is 11.4 Å². The van der Waals surface area contributed by atoms with Gasteiger partial charge in [-0.2, -0.15) is 0 Å². The minimum Gasteiger partial charge on any atom is -0.495 e. The van der Waals surface area contributed by atoms with Crippen LogP contribution < -0.4 is 14.4 Å². The summed E-state index contributed by atoms with van der Waals surface area (Å²) in [5.41, 5.74) is 0.533. The quantitative estimate of drug-likeness (QED) is 0.584. The van der Waals surface area contributed by atoms with Crippen LogP contribution in [0.15, 0.2) is 77.7 Å². The van der Waals surface area contributed by atoms with Gasteiger partial charge in [0.1, 0.15) is 18.1 Å². The number of amides is 1. The molecule has 3 aromatic rings. The van der Waals surface area contributed by atoms with Gasteiger partial charge in [-0.1, -0.05) is 29.8 Å². The molecule has 0 fully saturated rings. The maximum absolute atomic E-state index is 13.3. The Morgan fingerprint density at radius 1 is 1.07 bits per heavy atom. The zero-order chi connectivity index (χ0) is 21.7. The predicted octanol–water partition coefficient (Wildman–Crippen LogP) is 4.32. The first-order valence-corrected chi connectivity index (χ1v) is 10.6. The summed E-state index contributed by atoms with van der Waals surface area (Å²) in [5, 5.41) is 2.76. The van der Waals surface area contributed by atoms with Gasteiger partial charge in [-0.05, 0) is 54.6 Å². The van der Waals surface area contributed by atoms with Crippen molar-refractivity contribution in [2.45, 2.75) is 4.90 Å². The summed E-state index contributed by atoms with van der Waals surface area (Å²) in [5.74, 6) is -0.685. The molecule has 3 rings (SSSR count). The maximum Gasteiger partial charge on any atom is 0.264 e. The third-order valence-electron chi connectivity index (χ3n) is 4.17. The van der Waals surface area contributed by atoms with Crippen molar-refractivity contribution in [3.63, 3.8) is 0 Å². The number of carbonyl (C=O) groups excluding carboxylic acids is 1. The number of halogens is 2. The molecule has 0 bridgehead atoms. The summed E-state index contributed by atoms with van der Waals surface area (Å²) < 4.78 is 45.6. The lowest BCUT2D eigenvalue weighted by Gasteiger charge is -2.24. The highest BCUT2D eigenvalue weighted by molar-refractivity contribution is 7.92. The van der Waals surface area contributed by atoms with Crippen LogP contribution in [0.5, 0.6) is 5.75 Å². The normalized spacial score (nSPS) is 11.0. The zero-order valence-corrected chi connectivity index (χ0v) is 17.5. The van der Waals surface area contributed by atoms with Gasteiger partial charge in [0, 0.05) is 5.69 Å². The van der Waals surface area contributed by atoms with Crippen molar-refractivity contribution < 1.29 is 22.3 Å². The van der Waals surface area contributed by atoms with Crippen LogP contribution >= 0.6 is 11.6 Å². The molecule has 3 aromatic carbocycles. The number of anilines is 2. The summed E-state index contributed by atoms with van der Waals surface area (Å²) >= 11 is 6.17. The number of hydrogen-bond donors (Lipinski definition) is 1. The number of nitrogens with one attached hydrogen (secondary N) is 1. The average Bonchev–Trinajstić information content (AvgIpc) is 2.74. The molecule has 0 saturated carbocycles. The molecule has 0 aromatic heterocycles. The number of methoxy groups -OCH3 is 1. The van der Waals surface area contributed by atoms with E-state index in [-0.39, 0.29) is 15.6 Å². The SMILES string of the molecule is COc1ccc(N(CC(=O)Nc2ccc(F)cc2)S(=O)(=O)c2ccccc2)cc1Cl. The van der Waals surface area contributed by atoms with E-state index in [1.165, 1.54) is 61.7 Å². The van der Waals surface area contributed by atoms with Gasteiger partial charge in [-0.3, -0.25) is 9.10 Å². The Hall–Kier alpha value is -3.10. The summed E-state index contributed by atoms with van der Waals surface area (Å²) in [6.07, 6.45) is 0. The molecule has 0 radical (unpaired) electrons. The highest BCUT2D eigenvalue weighted by Crippen LogP contribution is 2.32. The van der Waals surface area contributed by atoms with Crippen molar-refractivity contribution >= 4 is 38.9 Å². The van der Waals surface area contributed by atoms with E-state index >= 15 is 0 Å². The minimum absolute atomic E-state index is 0.0199. The highest BCUT2D eigenvalue weighted by Gasteiger charge is 2.27. The highest BCUT2D eigenvalue weighted by atomic mass is 35.5. The second-order valence-corrected chi connectivity index (χ2v) is 8.47. The summed E-state index contributed by atoms with van der Waals surface area (Å²) in [6.45, 7) is -0.517. The topological polar surface area (TPSA) is 75.7 Å². The van der Waals surface area contributed by atoms with E-state index in [1.54, 1.807) is 18.2 Å². The van der Waals surface area contributed by atoms with Gasteiger partial charge in [-0.15, -0.1) is 0 Å². The van der Waals surface area contributed by atoms with Crippen LogP contribution in [-0.4, -0.2) is 28.0 Å². The van der Waals surface area contributed by atoms with Gasteiger partial charge in [0.15, 0.2) is 0 Å². The second-order valence-electron chi connectivity index (χ2n) is 6.20. The molecular formula is C21H18ClFN2O4S. The van der Waals surface area contributed by atoms with E-state index < -0.39 is 28.3 Å². The van der Waals surface area contributed by atoms with E-state index in [9.17, 15) is 17.6 Å². The molecule has 0 aliphatic heterocycles. The van der Waals surface area contributed by atoms with Gasteiger partial charge in [-0.25, -0.2) is 12.8 Å². The Morgan fingerprint density at radius 3 is 2.33 bits per heavy atom. The molecule has 0 atom stereocenters. The van der Waals surface area contributed by atoms with Crippen LogP contribution in [0, 0.1) is 5.82 Å². The third kappa shape index (κ3) is 4.90. The number of ether oxygens (including phenoxy) is 1. The minimum atomic E-state index is -4.07. The predicted molar refractivity (Wildman–Crippen MR) is 114 cm³/mol. The van der Waals surface area contributed by atoms with Crippen molar-refractivity contribution in [2.75, 3.05) is 23.3 Å². The standard InChI is InChI=1S/C21H18ClFN2O4S/c1-29-20-12-11-17(13-19(20)22)25(30(27,28)18-5-3-2-4-6-18)14-21(26)24-16-9-7-15(23)8-10-16/h2-13H,14H2,1H3,(H,24,26). The summed E-state index contributed by atoms with van der Waals surface area (Å²) in [6, 6.07) is 17.3. The van der Waals surface area contributed by atoms with Crippen LogP contribution in [0.3, 0.4) is 0 Å². The summed E-state index contributed by atoms with van der Waals surface area (Å²) in [7, 11) is -2.63. The molecule has 30 heavy (non-hydrogen) atoms. The van der Waals surface area contributed by atoms with Crippen molar-refractivity contribution in [3.8, 4) is 5.75 Å². The number of carbonyl (C=O) groups is 1. The van der Waals surface area contributed by atoms with Crippen LogP contribution in [0.25, 0.3) is 0 Å². The fraction of sp³-hybridized carbons (Fsp3) is 0.0952. The van der Waals surface area contributed by atoms with E-state index in [0.717, 1.165) is 4.31 Å². The molecule has 6 nitrogen and oxygen atoms in total. The lowest BCUT2D eigenvalue weighted by Crippen LogP contribution is -2.38. The first-order valence-electron chi connectivity index (χ1n) is 8.78. The molecule has 0 unspecified atom stereocenters. The van der Waals surface area contributed by atoms with Crippen LogP contribution in [0.2, 0.25) is 5.02 Å². The van der Waals surface area contributed by atoms with Gasteiger partial charge in [0.25, 0.3) is 10.0 Å². The number of benzene rings is 3. The first kappa shape index (κ1) is 21.6. The number of sulfonamides is 1. The molecule has 9 heteroatoms. The van der Waals surface area contributed by atoms with Crippen LogP contribution in [0.1, 0.15) is 0 Å². The largest absolute Gasteiger partial charge is 0.495 e. The Kier molecular flexibility index (Phi) is 6.59. The zero-order valence-electron chi connectivity index (χ0n) is 15.9. The average molecular weight is 449 g/mol. The lowest BCUT2D eigenvalue weighted by atomic mass is 10.3. The number of hydrogen-bond acceptors (Lipinski definition) is 4. The lowest BCUT2D eigenvalue weighted by molar-refractivity contribution is -0.114. The van der Waals surface area contributed by atoms with Gasteiger partial charge < -0.3 is 10.1 Å².